The van der Waals surface area contributed by atoms with Crippen molar-refractivity contribution in [3.05, 3.63) is 77.6 Å². The molecule has 3 aromatic rings. The lowest BCUT2D eigenvalue weighted by Crippen LogP contribution is -2.43. The van der Waals surface area contributed by atoms with E-state index in [1.807, 2.05) is 0 Å². The van der Waals surface area contributed by atoms with Gasteiger partial charge in [-0.1, -0.05) is 12.1 Å². The third kappa shape index (κ3) is 8.11. The fourth-order valence-corrected chi connectivity index (χ4v) is 4.72. The Labute approximate surface area is 240 Å². The van der Waals surface area contributed by atoms with E-state index in [0.717, 1.165) is 25.0 Å². The van der Waals surface area contributed by atoms with Gasteiger partial charge in [0.25, 0.3) is 0 Å². The number of anilines is 2. The molecule has 0 bridgehead atoms. The van der Waals surface area contributed by atoms with Gasteiger partial charge in [0.05, 0.1) is 18.3 Å². The molecule has 1 aliphatic rings. The summed E-state index contributed by atoms with van der Waals surface area (Å²) in [6.07, 6.45) is 0.586. The highest BCUT2D eigenvalue weighted by atomic mass is 19.4. The highest BCUT2D eigenvalue weighted by Gasteiger charge is 2.34. The topological polar surface area (TPSA) is 141 Å². The number of alkyl halides is 3. The number of carbonyl (C=O) groups is 1. The Hall–Kier alpha value is -3.88. The van der Waals surface area contributed by atoms with Crippen LogP contribution in [0.2, 0.25) is 0 Å². The molecule has 2 atom stereocenters. The summed E-state index contributed by atoms with van der Waals surface area (Å²) in [7, 11) is 0. The second-order valence-electron chi connectivity index (χ2n) is 10.1. The van der Waals surface area contributed by atoms with Crippen molar-refractivity contribution < 1.29 is 32.6 Å². The lowest BCUT2D eigenvalue weighted by Gasteiger charge is -2.31. The molecule has 0 aliphatic heterocycles. The summed E-state index contributed by atoms with van der Waals surface area (Å²) in [4.78, 5) is 27.5. The van der Waals surface area contributed by atoms with E-state index in [-0.39, 0.29) is 56.9 Å². The zero-order chi connectivity index (χ0) is 30.3. The zero-order valence-electron chi connectivity index (χ0n) is 22.7. The first-order valence-corrected chi connectivity index (χ1v) is 13.5. The number of rotatable bonds is 15. The number of amides is 1. The monoisotopic (exact) mass is 591 g/mol. The van der Waals surface area contributed by atoms with Crippen molar-refractivity contribution in [3.8, 4) is 0 Å². The maximum absolute atomic E-state index is 15.5. The standard InChI is InChI=1S/C28H33F4N7O3/c29-23-26(35-12-9-22(41)16-38(13-14-40)24(25(33)42)19-7-10-34-11-8-19)36-17-37-27(23)39(21-5-6-21)15-18-1-3-20(4-2-18)28(30,31)32/h1-4,7-8,10-11,17,21-22,24,40-41H,5-6,9,12-16H2,(H2,33,42)(H,35,36,37)/t22-,24?/m1/s1. The number of primary amides is 1. The van der Waals surface area contributed by atoms with Gasteiger partial charge in [0.1, 0.15) is 12.4 Å². The molecule has 0 radical (unpaired) electrons. The average molecular weight is 592 g/mol. The predicted molar refractivity (Wildman–Crippen MR) is 147 cm³/mol. The number of aromatic nitrogens is 3. The minimum Gasteiger partial charge on any atom is -0.395 e. The summed E-state index contributed by atoms with van der Waals surface area (Å²) in [5, 5.41) is 23.1. The van der Waals surface area contributed by atoms with Gasteiger partial charge in [-0.2, -0.15) is 17.6 Å². The fourth-order valence-electron chi connectivity index (χ4n) is 4.72. The van der Waals surface area contributed by atoms with Crippen LogP contribution in [-0.4, -0.2) is 74.4 Å². The van der Waals surface area contributed by atoms with Gasteiger partial charge in [-0.15, -0.1) is 0 Å². The van der Waals surface area contributed by atoms with Gasteiger partial charge in [0, 0.05) is 44.6 Å². The molecule has 1 unspecified atom stereocenters. The Bertz CT molecular complexity index is 1310. The minimum absolute atomic E-state index is 0.00229. The summed E-state index contributed by atoms with van der Waals surface area (Å²) >= 11 is 0. The van der Waals surface area contributed by atoms with E-state index in [4.69, 9.17) is 5.73 Å². The highest BCUT2D eigenvalue weighted by molar-refractivity contribution is 5.81. The summed E-state index contributed by atoms with van der Waals surface area (Å²) in [6, 6.07) is 7.12. The molecule has 1 saturated carbocycles. The number of nitrogens with zero attached hydrogens (tertiary/aromatic N) is 5. The van der Waals surface area contributed by atoms with Crippen LogP contribution in [0.1, 0.15) is 42.0 Å². The molecule has 10 nitrogen and oxygen atoms in total. The van der Waals surface area contributed by atoms with Crippen LogP contribution in [0.3, 0.4) is 0 Å². The maximum Gasteiger partial charge on any atom is 0.416 e. The number of nitrogens with one attached hydrogen (secondary N) is 1. The molecule has 1 fully saturated rings. The van der Waals surface area contributed by atoms with Crippen LogP contribution in [0.25, 0.3) is 0 Å². The first-order chi connectivity index (χ1) is 20.1. The Kier molecular flexibility index (Phi) is 10.2. The first kappa shape index (κ1) is 31.1. The van der Waals surface area contributed by atoms with Crippen molar-refractivity contribution in [1.82, 2.24) is 19.9 Å². The van der Waals surface area contributed by atoms with Crippen LogP contribution < -0.4 is 16.0 Å². The molecule has 14 heteroatoms. The van der Waals surface area contributed by atoms with E-state index in [0.29, 0.717) is 11.1 Å². The molecule has 1 aromatic carbocycles. The van der Waals surface area contributed by atoms with Gasteiger partial charge in [-0.05, 0) is 54.7 Å². The van der Waals surface area contributed by atoms with Crippen molar-refractivity contribution in [2.24, 2.45) is 5.73 Å². The van der Waals surface area contributed by atoms with Gasteiger partial charge in [-0.3, -0.25) is 14.7 Å². The lowest BCUT2D eigenvalue weighted by molar-refractivity contribution is -0.137. The summed E-state index contributed by atoms with van der Waals surface area (Å²) in [5.74, 6) is -1.40. The third-order valence-electron chi connectivity index (χ3n) is 6.92. The van der Waals surface area contributed by atoms with Crippen LogP contribution in [0, 0.1) is 5.82 Å². The Morgan fingerprint density at radius 3 is 2.40 bits per heavy atom. The van der Waals surface area contributed by atoms with Crippen molar-refractivity contribution in [2.75, 3.05) is 36.5 Å². The first-order valence-electron chi connectivity index (χ1n) is 13.5. The third-order valence-corrected chi connectivity index (χ3v) is 6.92. The van der Waals surface area contributed by atoms with Gasteiger partial charge < -0.3 is 26.2 Å². The number of carbonyl (C=O) groups excluding carboxylic acids is 1. The second kappa shape index (κ2) is 13.9. The van der Waals surface area contributed by atoms with Gasteiger partial charge >= 0.3 is 6.18 Å². The molecule has 226 valence electrons. The number of benzene rings is 1. The van der Waals surface area contributed by atoms with E-state index in [1.165, 1.54) is 30.9 Å². The number of nitrogens with two attached hydrogens (primary N) is 1. The molecule has 1 amide bonds. The van der Waals surface area contributed by atoms with Crippen LogP contribution in [0.15, 0.2) is 55.1 Å². The van der Waals surface area contributed by atoms with Crippen LogP contribution in [0.4, 0.5) is 29.2 Å². The van der Waals surface area contributed by atoms with E-state index in [1.54, 1.807) is 21.9 Å². The molecule has 4 rings (SSSR count). The molecule has 1 aliphatic carbocycles. The van der Waals surface area contributed by atoms with E-state index in [2.05, 4.69) is 20.3 Å². The number of hydrogen-bond donors (Lipinski definition) is 4. The normalized spacial score (nSPS) is 14.9. The van der Waals surface area contributed by atoms with Crippen molar-refractivity contribution in [1.29, 1.82) is 0 Å². The Balaban J connectivity index is 1.39. The molecule has 42 heavy (non-hydrogen) atoms. The summed E-state index contributed by atoms with van der Waals surface area (Å²) < 4.78 is 54.3. The quantitative estimate of drug-likeness (QED) is 0.196. The Morgan fingerprint density at radius 1 is 1.12 bits per heavy atom. The number of aliphatic hydroxyl groups excluding tert-OH is 2. The van der Waals surface area contributed by atoms with Gasteiger partial charge in [0.15, 0.2) is 11.6 Å². The van der Waals surface area contributed by atoms with Crippen LogP contribution in [-0.2, 0) is 17.5 Å². The minimum atomic E-state index is -4.44. The van der Waals surface area contributed by atoms with Gasteiger partial charge in [-0.25, -0.2) is 9.97 Å². The van der Waals surface area contributed by atoms with Crippen molar-refractivity contribution >= 4 is 17.5 Å². The molecule has 0 spiro atoms. The molecule has 2 heterocycles. The Morgan fingerprint density at radius 2 is 1.81 bits per heavy atom. The van der Waals surface area contributed by atoms with Gasteiger partial charge in [0.2, 0.25) is 11.7 Å². The van der Waals surface area contributed by atoms with Crippen molar-refractivity contribution in [3.63, 3.8) is 0 Å². The lowest BCUT2D eigenvalue weighted by atomic mass is 10.0. The average Bonchev–Trinajstić information content (AvgIpc) is 3.79. The molecule has 5 N–H and O–H groups in total. The molecule has 0 saturated heterocycles. The highest BCUT2D eigenvalue weighted by Crippen LogP contribution is 2.35. The molecular weight excluding hydrogens is 558 g/mol. The van der Waals surface area contributed by atoms with E-state index < -0.39 is 35.6 Å². The van der Waals surface area contributed by atoms with Crippen LogP contribution in [0.5, 0.6) is 0 Å². The number of pyridine rings is 1. The number of aliphatic hydroxyl groups is 2. The van der Waals surface area contributed by atoms with E-state index in [9.17, 15) is 28.2 Å². The molecule has 2 aromatic heterocycles. The predicted octanol–water partition coefficient (Wildman–Crippen LogP) is 2.88. The maximum atomic E-state index is 15.5. The largest absolute Gasteiger partial charge is 0.416 e. The van der Waals surface area contributed by atoms with E-state index >= 15 is 4.39 Å². The number of halogens is 4. The zero-order valence-corrected chi connectivity index (χ0v) is 22.7. The second-order valence-corrected chi connectivity index (χ2v) is 10.1. The summed E-state index contributed by atoms with van der Waals surface area (Å²) in [6.45, 7) is 0.131. The van der Waals surface area contributed by atoms with Crippen molar-refractivity contribution in [2.45, 2.75) is 50.2 Å². The molecular formula is C28H33F4N7O3. The van der Waals surface area contributed by atoms with Crippen LogP contribution >= 0.6 is 0 Å². The SMILES string of the molecule is NC(=O)C(c1ccncc1)N(CCO)C[C@H](O)CCNc1ncnc(N(Cc2ccc(C(F)(F)F)cc2)C2CC2)c1F. The summed E-state index contributed by atoms with van der Waals surface area (Å²) in [5.41, 5.74) is 6.02. The fraction of sp³-hybridized carbons (Fsp3) is 0.429. The number of hydrogen-bond acceptors (Lipinski definition) is 9. The smallest absolute Gasteiger partial charge is 0.395 e.